The van der Waals surface area contributed by atoms with Crippen LogP contribution in [-0.2, 0) is 9.53 Å². The number of amides is 1. The Balaban J connectivity index is 1.77. The second-order valence-corrected chi connectivity index (χ2v) is 6.51. The van der Waals surface area contributed by atoms with Gasteiger partial charge in [0.2, 0.25) is 0 Å². The number of ether oxygens (including phenoxy) is 1. The van der Waals surface area contributed by atoms with Gasteiger partial charge in [-0.05, 0) is 38.3 Å². The number of carbonyl (C=O) groups is 1. The fraction of sp³-hybridized carbons (Fsp3) is 0.400. The molecule has 5 heteroatoms. The van der Waals surface area contributed by atoms with E-state index in [2.05, 4.69) is 41.7 Å². The third-order valence-electron chi connectivity index (χ3n) is 4.59. The lowest BCUT2D eigenvalue weighted by Crippen LogP contribution is -2.39. The summed E-state index contributed by atoms with van der Waals surface area (Å²) in [5.74, 6) is 0.858. The Hall–Kier alpha value is -2.40. The van der Waals surface area contributed by atoms with Crippen LogP contribution in [0.1, 0.15) is 37.2 Å². The summed E-state index contributed by atoms with van der Waals surface area (Å²) in [4.78, 5) is 22.5. The molecule has 25 heavy (non-hydrogen) atoms. The number of nitrogens with one attached hydrogen (secondary N) is 1. The van der Waals surface area contributed by atoms with Gasteiger partial charge in [0, 0.05) is 6.54 Å². The zero-order valence-corrected chi connectivity index (χ0v) is 14.9. The largest absolute Gasteiger partial charge is 0.365 e. The number of nitrogens with zero attached hydrogens (tertiary/aromatic N) is 2. The number of aryl methyl sites for hydroxylation is 1. The molecule has 1 N–H and O–H groups in total. The number of likely N-dealkylation sites (tertiary alicyclic amines) is 1. The highest BCUT2D eigenvalue weighted by Gasteiger charge is 2.34. The van der Waals surface area contributed by atoms with Crippen LogP contribution in [-0.4, -0.2) is 40.0 Å². The zero-order chi connectivity index (χ0) is 17.8. The van der Waals surface area contributed by atoms with Crippen LogP contribution in [0.4, 0.5) is 0 Å². The van der Waals surface area contributed by atoms with Crippen molar-refractivity contribution < 1.29 is 9.53 Å². The SMILES string of the molecule is C=CCO[C@H](C)C(=O)N1CCC[C@@H]1c1ncc(-c2cccc(C)c2)[nH]1. The highest BCUT2D eigenvalue weighted by Crippen LogP contribution is 2.32. The third-order valence-corrected chi connectivity index (χ3v) is 4.59. The summed E-state index contributed by atoms with van der Waals surface area (Å²) < 4.78 is 5.50. The van der Waals surface area contributed by atoms with Gasteiger partial charge in [0.1, 0.15) is 11.9 Å². The van der Waals surface area contributed by atoms with Crippen molar-refractivity contribution in [3.05, 3.63) is 54.5 Å². The molecule has 5 nitrogen and oxygen atoms in total. The van der Waals surface area contributed by atoms with E-state index < -0.39 is 6.10 Å². The molecule has 0 radical (unpaired) electrons. The molecule has 0 spiro atoms. The molecule has 1 aliphatic rings. The Morgan fingerprint density at radius 3 is 3.16 bits per heavy atom. The van der Waals surface area contributed by atoms with Crippen LogP contribution in [0, 0.1) is 6.92 Å². The molecule has 0 aliphatic carbocycles. The minimum atomic E-state index is -0.468. The Morgan fingerprint density at radius 1 is 1.56 bits per heavy atom. The van der Waals surface area contributed by atoms with Crippen LogP contribution in [0.3, 0.4) is 0 Å². The number of rotatable bonds is 6. The van der Waals surface area contributed by atoms with E-state index in [1.807, 2.05) is 17.2 Å². The summed E-state index contributed by atoms with van der Waals surface area (Å²) in [5.41, 5.74) is 3.30. The average Bonchev–Trinajstić information content (AvgIpc) is 3.27. The molecular formula is C20H25N3O2. The molecule has 132 valence electrons. The van der Waals surface area contributed by atoms with Gasteiger partial charge in [0.05, 0.1) is 24.5 Å². The van der Waals surface area contributed by atoms with E-state index in [-0.39, 0.29) is 11.9 Å². The number of imidazole rings is 1. The molecule has 0 unspecified atom stereocenters. The van der Waals surface area contributed by atoms with Crippen LogP contribution in [0.15, 0.2) is 43.1 Å². The molecule has 2 atom stereocenters. The maximum absolute atomic E-state index is 12.7. The molecule has 0 saturated carbocycles. The highest BCUT2D eigenvalue weighted by atomic mass is 16.5. The molecule has 2 heterocycles. The molecule has 1 saturated heterocycles. The normalized spacial score (nSPS) is 18.3. The first-order chi connectivity index (χ1) is 12.1. The van der Waals surface area contributed by atoms with Crippen LogP contribution in [0.25, 0.3) is 11.3 Å². The minimum Gasteiger partial charge on any atom is -0.365 e. The monoisotopic (exact) mass is 339 g/mol. The quantitative estimate of drug-likeness (QED) is 0.818. The number of aromatic amines is 1. The molecule has 1 aromatic heterocycles. The lowest BCUT2D eigenvalue weighted by atomic mass is 10.1. The first-order valence-electron chi connectivity index (χ1n) is 8.75. The van der Waals surface area contributed by atoms with E-state index in [1.54, 1.807) is 13.0 Å². The predicted molar refractivity (Wildman–Crippen MR) is 98.1 cm³/mol. The van der Waals surface area contributed by atoms with Crippen molar-refractivity contribution in [3.63, 3.8) is 0 Å². The molecule has 2 aromatic rings. The Bertz CT molecular complexity index is 753. The second-order valence-electron chi connectivity index (χ2n) is 6.51. The lowest BCUT2D eigenvalue weighted by Gasteiger charge is -2.26. The topological polar surface area (TPSA) is 58.2 Å². The van der Waals surface area contributed by atoms with Crippen molar-refractivity contribution in [1.29, 1.82) is 0 Å². The molecule has 1 aromatic carbocycles. The molecule has 3 rings (SSSR count). The van der Waals surface area contributed by atoms with Crippen LogP contribution in [0.5, 0.6) is 0 Å². The Morgan fingerprint density at radius 2 is 2.40 bits per heavy atom. The van der Waals surface area contributed by atoms with Crippen molar-refractivity contribution in [2.75, 3.05) is 13.2 Å². The minimum absolute atomic E-state index is 0.0119. The van der Waals surface area contributed by atoms with Gasteiger partial charge in [-0.1, -0.05) is 29.8 Å². The van der Waals surface area contributed by atoms with Gasteiger partial charge >= 0.3 is 0 Å². The summed E-state index contributed by atoms with van der Waals surface area (Å²) in [6.45, 7) is 8.61. The lowest BCUT2D eigenvalue weighted by molar-refractivity contribution is -0.143. The van der Waals surface area contributed by atoms with E-state index >= 15 is 0 Å². The van der Waals surface area contributed by atoms with Crippen molar-refractivity contribution in [1.82, 2.24) is 14.9 Å². The Kier molecular flexibility index (Phi) is 5.34. The zero-order valence-electron chi connectivity index (χ0n) is 14.9. The molecular weight excluding hydrogens is 314 g/mol. The summed E-state index contributed by atoms with van der Waals surface area (Å²) >= 11 is 0. The van der Waals surface area contributed by atoms with Crippen molar-refractivity contribution >= 4 is 5.91 Å². The van der Waals surface area contributed by atoms with E-state index in [0.717, 1.165) is 36.5 Å². The van der Waals surface area contributed by atoms with E-state index in [1.165, 1.54) is 5.56 Å². The van der Waals surface area contributed by atoms with Crippen LogP contribution in [0.2, 0.25) is 0 Å². The van der Waals surface area contributed by atoms with Crippen molar-refractivity contribution in [3.8, 4) is 11.3 Å². The Labute approximate surface area is 148 Å². The van der Waals surface area contributed by atoms with Crippen molar-refractivity contribution in [2.24, 2.45) is 0 Å². The average molecular weight is 339 g/mol. The van der Waals surface area contributed by atoms with E-state index in [0.29, 0.717) is 6.61 Å². The molecule has 1 fully saturated rings. The van der Waals surface area contributed by atoms with E-state index in [9.17, 15) is 4.79 Å². The van der Waals surface area contributed by atoms with Gasteiger partial charge in [0.25, 0.3) is 5.91 Å². The summed E-state index contributed by atoms with van der Waals surface area (Å²) in [5, 5.41) is 0. The third kappa shape index (κ3) is 3.82. The predicted octanol–water partition coefficient (Wildman–Crippen LogP) is 3.64. The van der Waals surface area contributed by atoms with Crippen LogP contribution < -0.4 is 0 Å². The summed E-state index contributed by atoms with van der Waals surface area (Å²) in [7, 11) is 0. The molecule has 1 aliphatic heterocycles. The number of hydrogen-bond donors (Lipinski definition) is 1. The number of aromatic nitrogens is 2. The molecule has 0 bridgehead atoms. The van der Waals surface area contributed by atoms with Crippen LogP contribution >= 0.6 is 0 Å². The van der Waals surface area contributed by atoms with E-state index in [4.69, 9.17) is 4.74 Å². The maximum Gasteiger partial charge on any atom is 0.252 e. The highest BCUT2D eigenvalue weighted by molar-refractivity contribution is 5.81. The summed E-state index contributed by atoms with van der Waals surface area (Å²) in [6.07, 6.45) is 4.94. The van der Waals surface area contributed by atoms with Gasteiger partial charge in [-0.15, -0.1) is 6.58 Å². The van der Waals surface area contributed by atoms with Crippen molar-refractivity contribution in [2.45, 2.75) is 38.8 Å². The first kappa shape index (κ1) is 17.4. The number of H-pyrrole nitrogens is 1. The maximum atomic E-state index is 12.7. The summed E-state index contributed by atoms with van der Waals surface area (Å²) in [6, 6.07) is 8.28. The number of carbonyl (C=O) groups excluding carboxylic acids is 1. The number of hydrogen-bond acceptors (Lipinski definition) is 3. The fourth-order valence-electron chi connectivity index (χ4n) is 3.30. The van der Waals surface area contributed by atoms with Gasteiger partial charge in [-0.25, -0.2) is 4.98 Å². The van der Waals surface area contributed by atoms with Gasteiger partial charge in [-0.3, -0.25) is 4.79 Å². The fourth-order valence-corrected chi connectivity index (χ4v) is 3.30. The number of benzene rings is 1. The smallest absolute Gasteiger partial charge is 0.252 e. The van der Waals surface area contributed by atoms with Gasteiger partial charge in [0.15, 0.2) is 0 Å². The molecule has 1 amide bonds. The standard InChI is InChI=1S/C20H25N3O2/c1-4-11-25-15(3)20(24)23-10-6-9-18(23)19-21-13-17(22-19)16-8-5-7-14(2)12-16/h4-5,7-8,12-13,15,18H,1,6,9-11H2,2-3H3,(H,21,22)/t15-,18-/m1/s1. The van der Waals surface area contributed by atoms with Gasteiger partial charge in [-0.2, -0.15) is 0 Å². The van der Waals surface area contributed by atoms with Gasteiger partial charge < -0.3 is 14.6 Å². The second kappa shape index (κ2) is 7.66. The first-order valence-corrected chi connectivity index (χ1v) is 8.75.